The van der Waals surface area contributed by atoms with E-state index in [0.717, 1.165) is 24.5 Å². The van der Waals surface area contributed by atoms with Crippen LogP contribution in [0.4, 0.5) is 19.0 Å². The highest BCUT2D eigenvalue weighted by Gasteiger charge is 2.30. The minimum atomic E-state index is -4.46. The van der Waals surface area contributed by atoms with Crippen molar-refractivity contribution in [2.24, 2.45) is 0 Å². The van der Waals surface area contributed by atoms with E-state index in [-0.39, 0.29) is 29.8 Å². The summed E-state index contributed by atoms with van der Waals surface area (Å²) in [6, 6.07) is 7.91. The molecule has 4 rings (SSSR count). The number of alkyl halides is 3. The molecule has 1 aromatic carbocycles. The Morgan fingerprint density at radius 2 is 2.00 bits per heavy atom. The summed E-state index contributed by atoms with van der Waals surface area (Å²) in [5, 5.41) is 0. The molecule has 162 valence electrons. The van der Waals surface area contributed by atoms with Crippen LogP contribution in [0, 0.1) is 0 Å². The summed E-state index contributed by atoms with van der Waals surface area (Å²) < 4.78 is 51.7. The van der Waals surface area contributed by atoms with Gasteiger partial charge >= 0.3 is 11.9 Å². The molecule has 7 nitrogen and oxygen atoms in total. The van der Waals surface area contributed by atoms with Gasteiger partial charge in [-0.25, -0.2) is 9.78 Å². The summed E-state index contributed by atoms with van der Waals surface area (Å²) in [5.41, 5.74) is -0.533. The van der Waals surface area contributed by atoms with Crippen LogP contribution in [-0.4, -0.2) is 28.1 Å². The number of rotatable bonds is 5. The molecule has 3 heterocycles. The molecule has 0 saturated heterocycles. The van der Waals surface area contributed by atoms with Crippen molar-refractivity contribution in [3.05, 3.63) is 68.7 Å². The Balaban J connectivity index is 1.46. The number of ether oxygens (including phenoxy) is 2. The lowest BCUT2D eigenvalue weighted by Gasteiger charge is -2.13. The molecule has 0 amide bonds. The predicted octanol–water partition coefficient (Wildman–Crippen LogP) is 4.24. The molecule has 0 aliphatic carbocycles. The fraction of sp³-hybridized carbons (Fsp3) is 0.250. The number of aromatic nitrogens is 3. The maximum atomic E-state index is 12.9. The van der Waals surface area contributed by atoms with Gasteiger partial charge in [-0.1, -0.05) is 6.07 Å². The fourth-order valence-electron chi connectivity index (χ4n) is 3.06. The molecule has 0 N–H and O–H groups in total. The lowest BCUT2D eigenvalue weighted by molar-refractivity contribution is -0.137. The van der Waals surface area contributed by atoms with Crippen LogP contribution < -0.4 is 20.1 Å². The highest BCUT2D eigenvalue weighted by atomic mass is 79.9. The average Bonchev–Trinajstić information content (AvgIpc) is 3.09. The number of pyridine rings is 1. The van der Waals surface area contributed by atoms with Crippen molar-refractivity contribution in [3.63, 3.8) is 0 Å². The Hall–Kier alpha value is -3.08. The summed E-state index contributed by atoms with van der Waals surface area (Å²) in [4.78, 5) is 22.1. The van der Waals surface area contributed by atoms with Crippen LogP contribution in [0.15, 0.2) is 51.9 Å². The highest BCUT2D eigenvalue weighted by Crippen LogP contribution is 2.34. The van der Waals surface area contributed by atoms with Crippen molar-refractivity contribution in [3.8, 4) is 17.5 Å². The number of hydrogen-bond acceptors (Lipinski definition) is 6. The van der Waals surface area contributed by atoms with E-state index in [1.807, 2.05) is 11.9 Å². The molecule has 0 radical (unpaired) electrons. The molecule has 0 fully saturated rings. The van der Waals surface area contributed by atoms with Crippen molar-refractivity contribution in [1.82, 2.24) is 14.5 Å². The predicted molar refractivity (Wildman–Crippen MR) is 110 cm³/mol. The Labute approximate surface area is 183 Å². The van der Waals surface area contributed by atoms with Crippen LogP contribution in [0.5, 0.6) is 17.5 Å². The van der Waals surface area contributed by atoms with E-state index in [1.54, 1.807) is 16.7 Å². The van der Waals surface area contributed by atoms with E-state index in [4.69, 9.17) is 9.47 Å². The lowest BCUT2D eigenvalue weighted by Crippen LogP contribution is -2.22. The Bertz CT molecular complexity index is 1180. The number of anilines is 1. The second kappa shape index (κ2) is 8.22. The fourth-order valence-corrected chi connectivity index (χ4v) is 3.54. The van der Waals surface area contributed by atoms with Gasteiger partial charge < -0.3 is 14.4 Å². The van der Waals surface area contributed by atoms with Crippen molar-refractivity contribution in [1.29, 1.82) is 0 Å². The molecule has 31 heavy (non-hydrogen) atoms. The number of hydrogen-bond donors (Lipinski definition) is 0. The van der Waals surface area contributed by atoms with Crippen LogP contribution in [0.3, 0.4) is 0 Å². The minimum absolute atomic E-state index is 0.0129. The topological polar surface area (TPSA) is 69.5 Å². The molecule has 11 heteroatoms. The summed E-state index contributed by atoms with van der Waals surface area (Å²) in [5.74, 6) is 1.06. The van der Waals surface area contributed by atoms with Gasteiger partial charge in [-0.2, -0.15) is 18.2 Å². The monoisotopic (exact) mass is 496 g/mol. The third-order valence-corrected chi connectivity index (χ3v) is 5.21. The minimum Gasteiger partial charge on any atom is -0.473 e. The van der Waals surface area contributed by atoms with Crippen molar-refractivity contribution >= 4 is 21.7 Å². The molecular formula is C20H16BrF3N4O3. The third-order valence-electron chi connectivity index (χ3n) is 4.64. The molecular weight excluding hydrogens is 481 g/mol. The van der Waals surface area contributed by atoms with Gasteiger partial charge in [-0.3, -0.25) is 4.57 Å². The summed E-state index contributed by atoms with van der Waals surface area (Å²) in [7, 11) is 1.88. The van der Waals surface area contributed by atoms with Crippen molar-refractivity contribution in [2.45, 2.75) is 19.3 Å². The maximum Gasteiger partial charge on any atom is 0.416 e. The third kappa shape index (κ3) is 4.66. The van der Waals surface area contributed by atoms with Gasteiger partial charge in [0.15, 0.2) is 0 Å². The van der Waals surface area contributed by atoms with E-state index in [9.17, 15) is 18.0 Å². The van der Waals surface area contributed by atoms with Crippen LogP contribution >= 0.6 is 15.9 Å². The summed E-state index contributed by atoms with van der Waals surface area (Å²) >= 11 is 3.31. The lowest BCUT2D eigenvalue weighted by atomic mass is 10.2. The van der Waals surface area contributed by atoms with Crippen molar-refractivity contribution in [2.75, 3.05) is 18.5 Å². The Morgan fingerprint density at radius 3 is 2.74 bits per heavy atom. The molecule has 0 atom stereocenters. The first-order valence-corrected chi connectivity index (χ1v) is 9.95. The smallest absolute Gasteiger partial charge is 0.416 e. The zero-order chi connectivity index (χ0) is 22.2. The molecule has 1 aliphatic rings. The number of nitrogens with zero attached hydrogens (tertiary/aromatic N) is 4. The van der Waals surface area contributed by atoms with Crippen LogP contribution in [-0.2, 0) is 19.3 Å². The van der Waals surface area contributed by atoms with Gasteiger partial charge in [-0.15, -0.1) is 0 Å². The number of fused-ring (bicyclic) bond motifs is 1. The number of benzene rings is 1. The van der Waals surface area contributed by atoms with E-state index >= 15 is 0 Å². The first-order chi connectivity index (χ1) is 14.7. The zero-order valence-corrected chi connectivity index (χ0v) is 17.8. The first-order valence-electron chi connectivity index (χ1n) is 9.16. The normalized spacial score (nSPS) is 13.3. The Kier molecular flexibility index (Phi) is 5.61. The quantitative estimate of drug-likeness (QED) is 0.526. The molecule has 3 aromatic rings. The molecule has 0 saturated carbocycles. The number of likely N-dealkylation sites (N-methyl/N-ethyl adjacent to an activating group) is 1. The van der Waals surface area contributed by atoms with Crippen LogP contribution in [0.1, 0.15) is 11.1 Å². The summed E-state index contributed by atoms with van der Waals surface area (Å²) in [6.45, 7) is 1.40. The van der Waals surface area contributed by atoms with Gasteiger partial charge in [-0.05, 0) is 40.2 Å². The molecule has 0 bridgehead atoms. The van der Waals surface area contributed by atoms with E-state index < -0.39 is 11.7 Å². The van der Waals surface area contributed by atoms with Gasteiger partial charge in [0.2, 0.25) is 11.8 Å². The summed E-state index contributed by atoms with van der Waals surface area (Å²) in [6.07, 6.45) is -2.99. The highest BCUT2D eigenvalue weighted by molar-refractivity contribution is 9.10. The maximum absolute atomic E-state index is 12.9. The molecule has 0 unspecified atom stereocenters. The average molecular weight is 497 g/mol. The second-order valence-corrected chi connectivity index (χ2v) is 7.71. The zero-order valence-electron chi connectivity index (χ0n) is 16.2. The van der Waals surface area contributed by atoms with Gasteiger partial charge in [0, 0.05) is 38.0 Å². The van der Waals surface area contributed by atoms with E-state index in [1.165, 1.54) is 18.3 Å². The van der Waals surface area contributed by atoms with Crippen LogP contribution in [0.2, 0.25) is 0 Å². The van der Waals surface area contributed by atoms with Gasteiger partial charge in [0.1, 0.15) is 18.2 Å². The van der Waals surface area contributed by atoms with Gasteiger partial charge in [0.25, 0.3) is 0 Å². The van der Waals surface area contributed by atoms with Crippen LogP contribution in [0.25, 0.3) is 0 Å². The second-order valence-electron chi connectivity index (χ2n) is 6.86. The first kappa shape index (κ1) is 21.2. The molecule has 1 aliphatic heterocycles. The SMILES string of the molecule is CN1CCn2c1cc(OCc1cnc(Oc3cccc(C(F)(F)F)c3)c(Br)c1)nc2=O. The molecule has 0 spiro atoms. The standard InChI is InChI=1S/C20H16BrF3N4O3/c1-27-5-6-28-17(27)9-16(26-19(28)29)30-11-12-7-15(21)18(25-10-12)31-14-4-2-3-13(8-14)20(22,23)24/h2-4,7-10H,5-6,11H2,1H3. The number of halogens is 4. The van der Waals surface area contributed by atoms with E-state index in [2.05, 4.69) is 25.9 Å². The van der Waals surface area contributed by atoms with Crippen molar-refractivity contribution < 1.29 is 22.6 Å². The van der Waals surface area contributed by atoms with Gasteiger partial charge in [0.05, 0.1) is 10.0 Å². The van der Waals surface area contributed by atoms with E-state index in [0.29, 0.717) is 16.6 Å². The largest absolute Gasteiger partial charge is 0.473 e. The molecule has 2 aromatic heterocycles. The Morgan fingerprint density at radius 1 is 1.19 bits per heavy atom.